The van der Waals surface area contributed by atoms with Crippen molar-refractivity contribution in [3.8, 4) is 12.1 Å². The summed E-state index contributed by atoms with van der Waals surface area (Å²) in [6, 6.07) is 11.4. The molecule has 0 saturated carbocycles. The van der Waals surface area contributed by atoms with Crippen LogP contribution in [0.3, 0.4) is 0 Å². The Hall–Kier alpha value is -2.09. The minimum Gasteiger partial charge on any atom is -0.358 e. The molecule has 128 valence electrons. The molecule has 5 nitrogen and oxygen atoms in total. The summed E-state index contributed by atoms with van der Waals surface area (Å²) < 4.78 is 2.27. The molecule has 1 fully saturated rings. The van der Waals surface area contributed by atoms with Crippen molar-refractivity contribution in [2.45, 2.75) is 25.7 Å². The van der Waals surface area contributed by atoms with Gasteiger partial charge in [-0.15, -0.1) is 0 Å². The van der Waals surface area contributed by atoms with Crippen molar-refractivity contribution in [2.75, 3.05) is 19.6 Å². The van der Waals surface area contributed by atoms with E-state index in [0.717, 1.165) is 32.5 Å². The second kappa shape index (κ2) is 8.84. The van der Waals surface area contributed by atoms with E-state index in [1.165, 1.54) is 29.5 Å². The summed E-state index contributed by atoms with van der Waals surface area (Å²) in [5.41, 5.74) is 1.03. The monoisotopic (exact) mass is 369 g/mol. The zero-order valence-electron chi connectivity index (χ0n) is 13.9. The SMILES string of the molecule is N#CC(=Nc1ccccc1C#N)SSN1CCCN2CCCCC=C21. The molecule has 0 spiro atoms. The number of allylic oxidation sites excluding steroid dienone is 1. The zero-order valence-corrected chi connectivity index (χ0v) is 15.5. The standard InChI is InChI=1S/C18H19N5S2/c19-13-15-7-3-4-8-16(15)21-17(14-20)24-25-23-12-6-11-22-10-5-1-2-9-18(22)23/h3-4,7-9H,1-2,5-6,10-12H2. The molecule has 1 aromatic carbocycles. The van der Waals surface area contributed by atoms with Crippen molar-refractivity contribution in [1.29, 1.82) is 10.5 Å². The maximum absolute atomic E-state index is 9.42. The van der Waals surface area contributed by atoms with Gasteiger partial charge in [0.1, 0.15) is 18.0 Å². The van der Waals surface area contributed by atoms with Gasteiger partial charge in [0.05, 0.1) is 11.3 Å². The number of hydrogen-bond donors (Lipinski definition) is 0. The van der Waals surface area contributed by atoms with Crippen LogP contribution < -0.4 is 0 Å². The Balaban J connectivity index is 1.70. The third-order valence-electron chi connectivity index (χ3n) is 4.13. The molecular weight excluding hydrogens is 350 g/mol. The second-order valence-corrected chi connectivity index (χ2v) is 7.91. The van der Waals surface area contributed by atoms with E-state index in [1.807, 2.05) is 6.07 Å². The van der Waals surface area contributed by atoms with Gasteiger partial charge in [-0.25, -0.2) is 4.99 Å². The van der Waals surface area contributed by atoms with E-state index < -0.39 is 0 Å². The van der Waals surface area contributed by atoms with Crippen molar-refractivity contribution in [3.63, 3.8) is 0 Å². The van der Waals surface area contributed by atoms with Gasteiger partial charge in [0.15, 0.2) is 5.04 Å². The summed E-state index contributed by atoms with van der Waals surface area (Å²) >= 11 is 0. The van der Waals surface area contributed by atoms with Crippen LogP contribution in [0, 0.1) is 22.7 Å². The predicted octanol–water partition coefficient (Wildman–Crippen LogP) is 4.44. The molecule has 1 aromatic rings. The average Bonchev–Trinajstić information content (AvgIpc) is 2.91. The molecular formula is C18H19N5S2. The molecule has 0 unspecified atom stereocenters. The smallest absolute Gasteiger partial charge is 0.186 e. The van der Waals surface area contributed by atoms with Crippen LogP contribution in [-0.4, -0.2) is 33.9 Å². The molecule has 2 aliphatic rings. The number of nitriles is 2. The van der Waals surface area contributed by atoms with E-state index in [-0.39, 0.29) is 0 Å². The van der Waals surface area contributed by atoms with Crippen LogP contribution in [-0.2, 0) is 0 Å². The van der Waals surface area contributed by atoms with Crippen LogP contribution in [0.1, 0.15) is 31.2 Å². The number of fused-ring (bicyclic) bond motifs is 1. The summed E-state index contributed by atoms with van der Waals surface area (Å²) in [6.07, 6.45) is 7.03. The highest BCUT2D eigenvalue weighted by molar-refractivity contribution is 8.81. The molecule has 0 radical (unpaired) electrons. The van der Waals surface area contributed by atoms with E-state index in [1.54, 1.807) is 29.2 Å². The molecule has 0 amide bonds. The highest BCUT2D eigenvalue weighted by Crippen LogP contribution is 2.36. The van der Waals surface area contributed by atoms with Crippen LogP contribution in [0.2, 0.25) is 0 Å². The molecule has 7 heteroatoms. The molecule has 0 N–H and O–H groups in total. The zero-order chi connectivity index (χ0) is 17.5. The molecule has 3 rings (SSSR count). The van der Waals surface area contributed by atoms with Gasteiger partial charge in [-0.3, -0.25) is 4.31 Å². The fourth-order valence-electron chi connectivity index (χ4n) is 2.92. The Morgan fingerprint density at radius 2 is 1.92 bits per heavy atom. The normalized spacial score (nSPS) is 17.8. The number of aliphatic imine (C=N–C) groups is 1. The maximum Gasteiger partial charge on any atom is 0.186 e. The topological polar surface area (TPSA) is 66.4 Å². The average molecular weight is 370 g/mol. The van der Waals surface area contributed by atoms with Gasteiger partial charge in [0.25, 0.3) is 0 Å². The first-order valence-electron chi connectivity index (χ1n) is 8.37. The van der Waals surface area contributed by atoms with E-state index in [2.05, 4.69) is 32.4 Å². The number of nitrogens with zero attached hydrogens (tertiary/aromatic N) is 5. The Kier molecular flexibility index (Phi) is 6.27. The summed E-state index contributed by atoms with van der Waals surface area (Å²) in [7, 11) is 2.92. The lowest BCUT2D eigenvalue weighted by atomic mass is 10.2. The lowest BCUT2D eigenvalue weighted by Crippen LogP contribution is -2.39. The van der Waals surface area contributed by atoms with Crippen molar-refractivity contribution in [3.05, 3.63) is 41.7 Å². The van der Waals surface area contributed by atoms with Gasteiger partial charge < -0.3 is 4.90 Å². The lowest BCUT2D eigenvalue weighted by Gasteiger charge is -2.38. The van der Waals surface area contributed by atoms with Crippen molar-refractivity contribution >= 4 is 32.5 Å². The van der Waals surface area contributed by atoms with Crippen LogP contribution in [0.15, 0.2) is 41.2 Å². The third kappa shape index (κ3) is 4.50. The van der Waals surface area contributed by atoms with Crippen molar-refractivity contribution in [2.24, 2.45) is 4.99 Å². The summed E-state index contributed by atoms with van der Waals surface area (Å²) in [5.74, 6) is 1.27. The van der Waals surface area contributed by atoms with Crippen LogP contribution >= 0.6 is 21.8 Å². The van der Waals surface area contributed by atoms with Crippen molar-refractivity contribution in [1.82, 2.24) is 9.21 Å². The first kappa shape index (κ1) is 17.7. The highest BCUT2D eigenvalue weighted by atomic mass is 33.1. The summed E-state index contributed by atoms with van der Waals surface area (Å²) in [6.45, 7) is 3.21. The Bertz CT molecular complexity index is 759. The van der Waals surface area contributed by atoms with Gasteiger partial charge in [0, 0.05) is 30.6 Å². The predicted molar refractivity (Wildman–Crippen MR) is 104 cm³/mol. The van der Waals surface area contributed by atoms with E-state index in [4.69, 9.17) is 5.26 Å². The summed E-state index contributed by atoms with van der Waals surface area (Å²) in [5, 5.41) is 18.9. The van der Waals surface area contributed by atoms with Crippen LogP contribution in [0.5, 0.6) is 0 Å². The van der Waals surface area contributed by atoms with Gasteiger partial charge in [-0.1, -0.05) is 12.1 Å². The fourth-order valence-corrected chi connectivity index (χ4v) is 4.88. The maximum atomic E-state index is 9.42. The van der Waals surface area contributed by atoms with Crippen LogP contribution in [0.25, 0.3) is 0 Å². The van der Waals surface area contributed by atoms with E-state index in [0.29, 0.717) is 16.3 Å². The lowest BCUT2D eigenvalue weighted by molar-refractivity contribution is 0.232. The van der Waals surface area contributed by atoms with Gasteiger partial charge in [-0.2, -0.15) is 10.5 Å². The molecule has 0 aliphatic carbocycles. The molecule has 25 heavy (non-hydrogen) atoms. The summed E-state index contributed by atoms with van der Waals surface area (Å²) in [4.78, 5) is 6.81. The van der Waals surface area contributed by atoms with Gasteiger partial charge in [0.2, 0.25) is 0 Å². The Morgan fingerprint density at radius 1 is 1.08 bits per heavy atom. The highest BCUT2D eigenvalue weighted by Gasteiger charge is 2.24. The third-order valence-corrected chi connectivity index (χ3v) is 6.33. The molecule has 0 atom stereocenters. The van der Waals surface area contributed by atoms with Crippen LogP contribution in [0.4, 0.5) is 5.69 Å². The minimum absolute atomic E-state index is 0.360. The molecule has 1 saturated heterocycles. The fraction of sp³-hybridized carbons (Fsp3) is 0.389. The minimum atomic E-state index is 0.360. The molecule has 0 bridgehead atoms. The number of para-hydroxylation sites is 1. The number of benzene rings is 1. The first-order valence-corrected chi connectivity index (χ1v) is 10.5. The largest absolute Gasteiger partial charge is 0.358 e. The number of rotatable bonds is 3. The Morgan fingerprint density at radius 3 is 2.76 bits per heavy atom. The molecule has 2 aliphatic heterocycles. The van der Waals surface area contributed by atoms with Gasteiger partial charge >= 0.3 is 0 Å². The quantitative estimate of drug-likeness (QED) is 0.340. The molecule has 2 heterocycles. The Labute approximate surface area is 156 Å². The van der Waals surface area contributed by atoms with Crippen molar-refractivity contribution < 1.29 is 0 Å². The van der Waals surface area contributed by atoms with E-state index in [9.17, 15) is 5.26 Å². The van der Waals surface area contributed by atoms with E-state index >= 15 is 0 Å². The second-order valence-electron chi connectivity index (χ2n) is 5.82. The van der Waals surface area contributed by atoms with Gasteiger partial charge in [-0.05, 0) is 54.7 Å². The molecule has 0 aromatic heterocycles. The number of hydrogen-bond acceptors (Lipinski definition) is 7. The first-order chi connectivity index (χ1) is 12.3.